The molecule has 34 heavy (non-hydrogen) atoms. The van der Waals surface area contributed by atoms with Crippen molar-refractivity contribution >= 4 is 22.7 Å². The summed E-state index contributed by atoms with van der Waals surface area (Å²) in [6.45, 7) is 5.71. The Morgan fingerprint density at radius 1 is 0.912 bits per heavy atom. The monoisotopic (exact) mass is 461 g/mol. The molecule has 2 amide bonds. The Morgan fingerprint density at radius 2 is 1.56 bits per heavy atom. The normalized spacial score (nSPS) is 17.7. The zero-order chi connectivity index (χ0) is 23.8. The number of carbonyl (C=O) groups is 2. The lowest BCUT2D eigenvalue weighted by Gasteiger charge is -2.42. The fraction of sp³-hybridized carbons (Fsp3) is 0.407. The number of aromatic amines is 1. The van der Waals surface area contributed by atoms with Crippen LogP contribution in [-0.4, -0.2) is 90.4 Å². The van der Waals surface area contributed by atoms with E-state index in [2.05, 4.69) is 27.1 Å². The average molecular weight is 462 g/mol. The zero-order valence-corrected chi connectivity index (χ0v) is 20.0. The number of carbonyl (C=O) groups excluding carboxylic acids is 2. The first-order valence-corrected chi connectivity index (χ1v) is 12.2. The van der Waals surface area contributed by atoms with Gasteiger partial charge in [0.1, 0.15) is 0 Å². The molecule has 7 heteroatoms. The summed E-state index contributed by atoms with van der Waals surface area (Å²) in [5.41, 5.74) is 1.49. The van der Waals surface area contributed by atoms with E-state index in [-0.39, 0.29) is 18.4 Å². The molecule has 0 spiro atoms. The van der Waals surface area contributed by atoms with Crippen molar-refractivity contribution in [1.82, 2.24) is 25.0 Å². The van der Waals surface area contributed by atoms with Crippen LogP contribution in [0.15, 0.2) is 66.9 Å². The molecule has 2 fully saturated rings. The molecule has 2 aromatic carbocycles. The number of piperazine rings is 1. The summed E-state index contributed by atoms with van der Waals surface area (Å²) >= 11 is 0. The Morgan fingerprint density at radius 3 is 2.21 bits per heavy atom. The highest BCUT2D eigenvalue weighted by atomic mass is 16.2. The second kappa shape index (κ2) is 11.8. The highest BCUT2D eigenvalue weighted by molar-refractivity contribution is 5.99. The number of hydrogen-bond donors (Lipinski definition) is 2. The first-order valence-electron chi connectivity index (χ1n) is 12.2. The number of rotatable bonds is 4. The van der Waals surface area contributed by atoms with E-state index in [1.54, 1.807) is 6.07 Å². The van der Waals surface area contributed by atoms with Crippen LogP contribution in [0.25, 0.3) is 10.9 Å². The number of nitrogens with zero attached hydrogens (tertiary/aromatic N) is 3. The van der Waals surface area contributed by atoms with Gasteiger partial charge in [-0.1, -0.05) is 42.5 Å². The Labute approximate surface area is 201 Å². The van der Waals surface area contributed by atoms with Crippen LogP contribution >= 0.6 is 0 Å². The third kappa shape index (κ3) is 6.46. The van der Waals surface area contributed by atoms with Gasteiger partial charge in [0.25, 0.3) is 5.91 Å². The average Bonchev–Trinajstić information content (AvgIpc) is 3.37. The van der Waals surface area contributed by atoms with Crippen LogP contribution in [0.4, 0.5) is 0 Å². The largest absolute Gasteiger partial charge is 0.361 e. The minimum atomic E-state index is -0.213. The van der Waals surface area contributed by atoms with E-state index in [4.69, 9.17) is 0 Å². The summed E-state index contributed by atoms with van der Waals surface area (Å²) in [6.07, 6.45) is 4.28. The maximum atomic E-state index is 12.5. The van der Waals surface area contributed by atoms with Crippen LogP contribution in [0.2, 0.25) is 0 Å². The lowest BCUT2D eigenvalue weighted by atomic mass is 10.0. The molecule has 2 aliphatic heterocycles. The fourth-order valence-electron chi connectivity index (χ4n) is 4.64. The van der Waals surface area contributed by atoms with Gasteiger partial charge in [0, 0.05) is 49.5 Å². The maximum Gasteiger partial charge on any atom is 0.251 e. The van der Waals surface area contributed by atoms with Crippen molar-refractivity contribution in [3.63, 3.8) is 0 Å². The third-order valence-electron chi connectivity index (χ3n) is 6.76. The van der Waals surface area contributed by atoms with Crippen LogP contribution in [-0.2, 0) is 4.79 Å². The Kier molecular flexibility index (Phi) is 8.33. The number of piperidine rings is 1. The molecule has 2 N–H and O–H groups in total. The van der Waals surface area contributed by atoms with Crippen molar-refractivity contribution in [3.05, 3.63) is 72.4 Å². The van der Waals surface area contributed by atoms with Crippen molar-refractivity contribution in [2.75, 3.05) is 52.9 Å². The lowest BCUT2D eigenvalue weighted by molar-refractivity contribution is -0.132. The van der Waals surface area contributed by atoms with Crippen LogP contribution < -0.4 is 5.32 Å². The van der Waals surface area contributed by atoms with Gasteiger partial charge < -0.3 is 20.1 Å². The summed E-state index contributed by atoms with van der Waals surface area (Å²) in [7, 11) is 2.18. The molecule has 0 radical (unpaired) electrons. The number of hydrogen-bond acceptors (Lipinski definition) is 4. The Hall–Kier alpha value is -3.16. The van der Waals surface area contributed by atoms with Crippen LogP contribution in [0.5, 0.6) is 0 Å². The van der Waals surface area contributed by atoms with Gasteiger partial charge in [-0.05, 0) is 56.6 Å². The lowest BCUT2D eigenvalue weighted by Crippen LogP contribution is -2.55. The summed E-state index contributed by atoms with van der Waals surface area (Å²) < 4.78 is 0. The Balaban J connectivity index is 0.000000398. The molecule has 0 unspecified atom stereocenters. The molecule has 0 atom stereocenters. The predicted molar refractivity (Wildman–Crippen MR) is 136 cm³/mol. The van der Waals surface area contributed by atoms with Gasteiger partial charge in [-0.15, -0.1) is 0 Å². The van der Waals surface area contributed by atoms with Crippen molar-refractivity contribution in [3.8, 4) is 0 Å². The van der Waals surface area contributed by atoms with E-state index < -0.39 is 0 Å². The van der Waals surface area contributed by atoms with Crippen LogP contribution in [0.3, 0.4) is 0 Å². The molecule has 2 saturated heterocycles. The predicted octanol–water partition coefficient (Wildman–Crippen LogP) is 2.82. The molecule has 2 aliphatic rings. The number of amides is 2. The van der Waals surface area contributed by atoms with Gasteiger partial charge in [-0.2, -0.15) is 0 Å². The standard InChI is InChI=1S/C21H29N5O2.C6H6/c1-24-8-5-18(6-9-24)25-10-12-26(13-11-25)20(27)15-23-21(28)17-3-2-16-4-7-22-19(16)14-17;1-2-4-6-5-3-1/h2-4,7,14,18,22H,5-6,8-13,15H2,1H3,(H,23,28);1-6H. The molecule has 1 aromatic heterocycles. The number of fused-ring (bicyclic) bond motifs is 1. The van der Waals surface area contributed by atoms with E-state index in [0.717, 1.165) is 50.2 Å². The van der Waals surface area contributed by atoms with Crippen molar-refractivity contribution < 1.29 is 9.59 Å². The van der Waals surface area contributed by atoms with E-state index >= 15 is 0 Å². The van der Waals surface area contributed by atoms with E-state index in [1.165, 1.54) is 12.8 Å². The highest BCUT2D eigenvalue weighted by Gasteiger charge is 2.28. The van der Waals surface area contributed by atoms with E-state index in [1.807, 2.05) is 65.7 Å². The van der Waals surface area contributed by atoms with Gasteiger partial charge in [0.2, 0.25) is 5.91 Å². The third-order valence-corrected chi connectivity index (χ3v) is 6.76. The first kappa shape index (κ1) is 24.0. The molecule has 5 rings (SSSR count). The fourth-order valence-corrected chi connectivity index (χ4v) is 4.64. The summed E-state index contributed by atoms with van der Waals surface area (Å²) in [4.78, 5) is 34.8. The van der Waals surface area contributed by atoms with Crippen molar-refractivity contribution in [2.45, 2.75) is 18.9 Å². The number of aromatic nitrogens is 1. The summed E-state index contributed by atoms with van der Waals surface area (Å²) in [5.74, 6) is -0.216. The van der Waals surface area contributed by atoms with Crippen LogP contribution in [0, 0.1) is 0 Å². The smallest absolute Gasteiger partial charge is 0.251 e. The van der Waals surface area contributed by atoms with Gasteiger partial charge in [-0.3, -0.25) is 14.5 Å². The van der Waals surface area contributed by atoms with Crippen LogP contribution in [0.1, 0.15) is 23.2 Å². The molecule has 0 aliphatic carbocycles. The quantitative estimate of drug-likeness (QED) is 0.627. The topological polar surface area (TPSA) is 71.7 Å². The highest BCUT2D eigenvalue weighted by Crippen LogP contribution is 2.17. The van der Waals surface area contributed by atoms with Gasteiger partial charge in [0.05, 0.1) is 6.54 Å². The number of likely N-dealkylation sites (tertiary alicyclic amines) is 1. The SMILES string of the molecule is CN1CCC(N2CCN(C(=O)CNC(=O)c3ccc4cc[nH]c4c3)CC2)CC1.c1ccccc1. The molecule has 3 aromatic rings. The maximum absolute atomic E-state index is 12.5. The molecule has 3 heterocycles. The molecule has 0 bridgehead atoms. The first-order chi connectivity index (χ1) is 16.6. The Bertz CT molecular complexity index is 1020. The number of benzene rings is 2. The van der Waals surface area contributed by atoms with E-state index in [9.17, 15) is 9.59 Å². The molecule has 0 saturated carbocycles. The van der Waals surface area contributed by atoms with E-state index in [0.29, 0.717) is 11.6 Å². The summed E-state index contributed by atoms with van der Waals surface area (Å²) in [6, 6.07) is 20.1. The number of H-pyrrole nitrogens is 1. The molecule has 7 nitrogen and oxygen atoms in total. The molecule has 180 valence electrons. The number of nitrogens with one attached hydrogen (secondary N) is 2. The summed E-state index contributed by atoms with van der Waals surface area (Å²) in [5, 5.41) is 3.83. The second-order valence-electron chi connectivity index (χ2n) is 9.07. The van der Waals surface area contributed by atoms with Gasteiger partial charge in [-0.25, -0.2) is 0 Å². The van der Waals surface area contributed by atoms with Gasteiger partial charge >= 0.3 is 0 Å². The van der Waals surface area contributed by atoms with Gasteiger partial charge in [0.15, 0.2) is 0 Å². The molecular formula is C27H35N5O2. The minimum Gasteiger partial charge on any atom is -0.361 e. The molecular weight excluding hydrogens is 426 g/mol. The van der Waals surface area contributed by atoms with Crippen molar-refractivity contribution in [2.24, 2.45) is 0 Å². The zero-order valence-electron chi connectivity index (χ0n) is 20.0. The minimum absolute atomic E-state index is 0.00247. The second-order valence-corrected chi connectivity index (χ2v) is 9.07. The van der Waals surface area contributed by atoms with Crippen molar-refractivity contribution in [1.29, 1.82) is 0 Å².